The minimum Gasteiger partial charge on any atom is -0.345 e. The fourth-order valence-electron chi connectivity index (χ4n) is 2.21. The van der Waals surface area contributed by atoms with Crippen LogP contribution in [0.1, 0.15) is 15.9 Å². The Hall–Kier alpha value is -3.59. The van der Waals surface area contributed by atoms with Gasteiger partial charge in [-0.3, -0.25) is 25.0 Å². The van der Waals surface area contributed by atoms with E-state index in [0.717, 1.165) is 0 Å². The molecule has 0 bridgehead atoms. The third-order valence-corrected chi connectivity index (χ3v) is 3.78. The van der Waals surface area contributed by atoms with Crippen LogP contribution in [-0.2, 0) is 4.79 Å². The highest BCUT2D eigenvalue weighted by Crippen LogP contribution is 2.16. The molecule has 2 aromatic carbocycles. The molecule has 2 N–H and O–H groups in total. The van der Waals surface area contributed by atoms with Crippen molar-refractivity contribution < 1.29 is 14.5 Å². The second-order valence-electron chi connectivity index (χ2n) is 5.87. The van der Waals surface area contributed by atoms with E-state index in [0.29, 0.717) is 16.8 Å². The van der Waals surface area contributed by atoms with Gasteiger partial charge in [-0.05, 0) is 48.1 Å². The van der Waals surface area contributed by atoms with E-state index in [9.17, 15) is 19.7 Å². The predicted molar refractivity (Wildman–Crippen MR) is 111 cm³/mol. The molecule has 0 atom stereocenters. The molecule has 0 heterocycles. The molecule has 0 radical (unpaired) electrons. The van der Waals surface area contributed by atoms with E-state index in [1.54, 1.807) is 38.4 Å². The first kappa shape index (κ1) is 20.7. The van der Waals surface area contributed by atoms with E-state index < -0.39 is 10.8 Å². The van der Waals surface area contributed by atoms with Crippen molar-refractivity contribution in [2.75, 3.05) is 19.4 Å². The number of anilines is 1. The molecule has 8 nitrogen and oxygen atoms in total. The number of carbonyl (C=O) groups is 2. The zero-order valence-electron chi connectivity index (χ0n) is 15.2. The maximum atomic E-state index is 12.2. The average Bonchev–Trinajstić information content (AvgIpc) is 2.66. The molecule has 0 fully saturated rings. The lowest BCUT2D eigenvalue weighted by Crippen LogP contribution is -2.33. The Morgan fingerprint density at radius 1 is 1.11 bits per heavy atom. The largest absolute Gasteiger partial charge is 0.345 e. The number of hydrogen-bond acceptors (Lipinski definition) is 5. The molecule has 0 unspecified atom stereocenters. The molecular weight excluding hydrogens is 380 g/mol. The first-order valence-corrected chi connectivity index (χ1v) is 8.54. The van der Waals surface area contributed by atoms with Crippen LogP contribution in [0.3, 0.4) is 0 Å². The van der Waals surface area contributed by atoms with Crippen molar-refractivity contribution in [2.24, 2.45) is 0 Å². The Kier molecular flexibility index (Phi) is 6.94. The zero-order valence-corrected chi connectivity index (χ0v) is 16.0. The summed E-state index contributed by atoms with van der Waals surface area (Å²) in [5, 5.41) is 16.0. The van der Waals surface area contributed by atoms with Crippen LogP contribution in [0.4, 0.5) is 11.4 Å². The van der Waals surface area contributed by atoms with Gasteiger partial charge in [0.1, 0.15) is 0 Å². The number of thiocarbonyl (C=S) groups is 1. The monoisotopic (exact) mass is 398 g/mol. The Balaban J connectivity index is 1.99. The maximum absolute atomic E-state index is 12.2. The van der Waals surface area contributed by atoms with Crippen LogP contribution >= 0.6 is 12.2 Å². The van der Waals surface area contributed by atoms with Crippen molar-refractivity contribution in [3.8, 4) is 0 Å². The number of nitro benzene ring substituents is 1. The van der Waals surface area contributed by atoms with Gasteiger partial charge in [-0.1, -0.05) is 12.1 Å². The third-order valence-electron chi connectivity index (χ3n) is 3.58. The fourth-order valence-corrected chi connectivity index (χ4v) is 2.42. The number of non-ortho nitro benzene ring substituents is 1. The molecule has 0 saturated heterocycles. The number of hydrogen-bond donors (Lipinski definition) is 2. The van der Waals surface area contributed by atoms with E-state index in [1.807, 2.05) is 0 Å². The van der Waals surface area contributed by atoms with Gasteiger partial charge in [0.05, 0.1) is 16.2 Å². The molecule has 0 aromatic heterocycles. The fraction of sp³-hybridized carbons (Fsp3) is 0.105. The third kappa shape index (κ3) is 5.71. The van der Waals surface area contributed by atoms with E-state index in [4.69, 9.17) is 12.2 Å². The quantitative estimate of drug-likeness (QED) is 0.347. The van der Waals surface area contributed by atoms with Crippen molar-refractivity contribution >= 4 is 46.6 Å². The van der Waals surface area contributed by atoms with Crippen LogP contribution < -0.4 is 10.6 Å². The highest BCUT2D eigenvalue weighted by atomic mass is 32.1. The number of amides is 2. The smallest absolute Gasteiger partial charge is 0.269 e. The van der Waals surface area contributed by atoms with Crippen molar-refractivity contribution in [2.45, 2.75) is 0 Å². The van der Waals surface area contributed by atoms with Gasteiger partial charge in [-0.2, -0.15) is 0 Å². The van der Waals surface area contributed by atoms with Gasteiger partial charge in [0, 0.05) is 32.3 Å². The lowest BCUT2D eigenvalue weighted by atomic mass is 10.1. The van der Waals surface area contributed by atoms with E-state index in [-0.39, 0.29) is 16.7 Å². The first-order valence-electron chi connectivity index (χ1n) is 8.13. The van der Waals surface area contributed by atoms with Crippen LogP contribution in [-0.4, -0.2) is 40.8 Å². The lowest BCUT2D eigenvalue weighted by Gasteiger charge is -2.15. The van der Waals surface area contributed by atoms with Crippen LogP contribution in [0.15, 0.2) is 54.6 Å². The summed E-state index contributed by atoms with van der Waals surface area (Å²) in [7, 11) is 3.28. The van der Waals surface area contributed by atoms with Crippen LogP contribution in [0.5, 0.6) is 0 Å². The summed E-state index contributed by atoms with van der Waals surface area (Å²) < 4.78 is 0. The standard InChI is InChI=1S/C19H18N4O4S/c1-22(2)18(25)15-5-3-4-6-16(15)20-19(28)21-17(24)12-9-13-7-10-14(11-8-13)23(26)27/h3-12H,1-2H3,(H2,20,21,24,28)/b12-9+. The van der Waals surface area contributed by atoms with E-state index >= 15 is 0 Å². The number of carbonyl (C=O) groups excluding carboxylic acids is 2. The topological polar surface area (TPSA) is 105 Å². The molecule has 9 heteroatoms. The molecule has 2 aromatic rings. The molecule has 0 aliphatic heterocycles. The van der Waals surface area contributed by atoms with E-state index in [1.165, 1.54) is 41.3 Å². The summed E-state index contributed by atoms with van der Waals surface area (Å²) in [5.41, 5.74) is 1.50. The number of nitrogens with zero attached hydrogens (tertiary/aromatic N) is 2. The Morgan fingerprint density at radius 3 is 2.36 bits per heavy atom. The van der Waals surface area contributed by atoms with Crippen LogP contribution in [0.2, 0.25) is 0 Å². The molecule has 28 heavy (non-hydrogen) atoms. The summed E-state index contributed by atoms with van der Waals surface area (Å²) >= 11 is 5.12. The minimum absolute atomic E-state index is 0.0297. The summed E-state index contributed by atoms with van der Waals surface area (Å²) in [6, 6.07) is 12.6. The molecular formula is C19H18N4O4S. The summed E-state index contributed by atoms with van der Waals surface area (Å²) in [6.07, 6.45) is 2.76. The highest BCUT2D eigenvalue weighted by Gasteiger charge is 2.13. The maximum Gasteiger partial charge on any atom is 0.269 e. The number of rotatable bonds is 5. The number of nitro groups is 1. The van der Waals surface area contributed by atoms with Gasteiger partial charge in [0.2, 0.25) is 5.91 Å². The molecule has 144 valence electrons. The highest BCUT2D eigenvalue weighted by molar-refractivity contribution is 7.80. The second kappa shape index (κ2) is 9.38. The Labute approximate surface area is 167 Å². The number of benzene rings is 2. The van der Waals surface area contributed by atoms with Crippen LogP contribution in [0, 0.1) is 10.1 Å². The van der Waals surface area contributed by atoms with Crippen molar-refractivity contribution in [3.63, 3.8) is 0 Å². The van der Waals surface area contributed by atoms with Crippen LogP contribution in [0.25, 0.3) is 6.08 Å². The van der Waals surface area contributed by atoms with Crippen molar-refractivity contribution in [1.29, 1.82) is 0 Å². The minimum atomic E-state index is -0.497. The van der Waals surface area contributed by atoms with Crippen molar-refractivity contribution in [1.82, 2.24) is 10.2 Å². The SMILES string of the molecule is CN(C)C(=O)c1ccccc1NC(=S)NC(=O)/C=C/c1ccc([N+](=O)[O-])cc1. The molecule has 0 spiro atoms. The Bertz CT molecular complexity index is 939. The Morgan fingerprint density at radius 2 is 1.75 bits per heavy atom. The molecule has 0 saturated carbocycles. The summed E-state index contributed by atoms with van der Waals surface area (Å²) in [4.78, 5) is 35.8. The first-order chi connectivity index (χ1) is 13.3. The van der Waals surface area contributed by atoms with Gasteiger partial charge in [-0.15, -0.1) is 0 Å². The number of para-hydroxylation sites is 1. The van der Waals surface area contributed by atoms with Gasteiger partial charge in [0.25, 0.3) is 11.6 Å². The molecule has 0 aliphatic carbocycles. The van der Waals surface area contributed by atoms with Gasteiger partial charge in [0.15, 0.2) is 5.11 Å². The van der Waals surface area contributed by atoms with Gasteiger partial charge >= 0.3 is 0 Å². The van der Waals surface area contributed by atoms with Crippen molar-refractivity contribution in [3.05, 3.63) is 75.8 Å². The normalized spacial score (nSPS) is 10.4. The summed E-state index contributed by atoms with van der Waals surface area (Å²) in [6.45, 7) is 0. The van der Waals surface area contributed by atoms with Gasteiger partial charge in [-0.25, -0.2) is 0 Å². The summed E-state index contributed by atoms with van der Waals surface area (Å²) in [5.74, 6) is -0.678. The lowest BCUT2D eigenvalue weighted by molar-refractivity contribution is -0.384. The predicted octanol–water partition coefficient (Wildman–Crippen LogP) is 2.82. The zero-order chi connectivity index (χ0) is 20.7. The number of nitrogens with one attached hydrogen (secondary N) is 2. The molecule has 2 amide bonds. The van der Waals surface area contributed by atoms with Gasteiger partial charge < -0.3 is 10.2 Å². The average molecular weight is 398 g/mol. The second-order valence-corrected chi connectivity index (χ2v) is 6.28. The molecule has 2 rings (SSSR count). The molecule has 0 aliphatic rings. The van der Waals surface area contributed by atoms with E-state index in [2.05, 4.69) is 10.6 Å².